The molecule has 3 atom stereocenters. The van der Waals surface area contributed by atoms with Crippen LogP contribution in [0.15, 0.2) is 0 Å². The van der Waals surface area contributed by atoms with E-state index in [4.69, 9.17) is 9.84 Å². The van der Waals surface area contributed by atoms with Crippen molar-refractivity contribution >= 4 is 11.8 Å². The van der Waals surface area contributed by atoms with Crippen LogP contribution in [0.2, 0.25) is 0 Å². The van der Waals surface area contributed by atoms with Crippen molar-refractivity contribution in [1.29, 1.82) is 0 Å². The Balaban J connectivity index is 2.77. The number of aliphatic hydroxyl groups is 2. The molecule has 1 aliphatic rings. The maximum atomic E-state index is 11.3. The summed E-state index contributed by atoms with van der Waals surface area (Å²) in [5, 5.41) is 18.0. The molecule has 1 aliphatic heterocycles. The molecule has 0 radical (unpaired) electrons. The van der Waals surface area contributed by atoms with E-state index in [9.17, 15) is 14.7 Å². The average Bonchev–Trinajstić information content (AvgIpc) is 2.44. The summed E-state index contributed by atoms with van der Waals surface area (Å²) in [4.78, 5) is 22.2. The van der Waals surface area contributed by atoms with E-state index in [2.05, 4.69) is 4.74 Å². The van der Waals surface area contributed by atoms with Crippen LogP contribution in [0.5, 0.6) is 0 Å². The summed E-state index contributed by atoms with van der Waals surface area (Å²) in [6.45, 7) is 2.79. The molecule has 0 aromatic carbocycles. The summed E-state index contributed by atoms with van der Waals surface area (Å²) < 4.78 is 9.78. The molecule has 0 bridgehead atoms. The van der Waals surface area contributed by atoms with Gasteiger partial charge in [0.05, 0.1) is 12.7 Å². The molecule has 6 heteroatoms. The first-order valence-corrected chi connectivity index (χ1v) is 4.66. The summed E-state index contributed by atoms with van der Waals surface area (Å²) in [6.07, 6.45) is -3.82. The van der Waals surface area contributed by atoms with Crippen molar-refractivity contribution in [1.82, 2.24) is 0 Å². The van der Waals surface area contributed by atoms with Crippen molar-refractivity contribution in [3.8, 4) is 0 Å². The molecule has 15 heavy (non-hydrogen) atoms. The van der Waals surface area contributed by atoms with Gasteiger partial charge >= 0.3 is 5.97 Å². The smallest absolute Gasteiger partial charge is 0.378 e. The van der Waals surface area contributed by atoms with Gasteiger partial charge in [-0.2, -0.15) is 0 Å². The molecular formula is C9H14O6. The number of hydrogen-bond acceptors (Lipinski definition) is 6. The Bertz CT molecular complexity index is 261. The van der Waals surface area contributed by atoms with Crippen molar-refractivity contribution in [3.05, 3.63) is 0 Å². The van der Waals surface area contributed by atoms with Crippen LogP contribution in [-0.4, -0.2) is 53.0 Å². The van der Waals surface area contributed by atoms with Crippen molar-refractivity contribution < 1.29 is 29.3 Å². The van der Waals surface area contributed by atoms with Gasteiger partial charge in [0.2, 0.25) is 0 Å². The molecular weight excluding hydrogens is 204 g/mol. The number of ether oxygens (including phenoxy) is 2. The van der Waals surface area contributed by atoms with E-state index in [0.717, 1.165) is 0 Å². The fourth-order valence-corrected chi connectivity index (χ4v) is 1.33. The normalized spacial score (nSPS) is 28.3. The molecule has 0 aromatic rings. The Hall–Kier alpha value is -0.980. The number of esters is 1. The number of rotatable bonds is 4. The summed E-state index contributed by atoms with van der Waals surface area (Å²) in [6, 6.07) is 0. The van der Waals surface area contributed by atoms with Crippen LogP contribution in [0, 0.1) is 0 Å². The van der Waals surface area contributed by atoms with Gasteiger partial charge in [-0.15, -0.1) is 0 Å². The number of carbonyl (C=O) groups is 2. The van der Waals surface area contributed by atoms with E-state index in [-0.39, 0.29) is 6.10 Å². The highest BCUT2D eigenvalue weighted by Gasteiger charge is 2.48. The standard InChI is InChI=1S/C9H14O6/c1-4(2)14-8-6(12)9(13)15-7(8)5(11)3-10/h4-5,7-8,10-11H,3H2,1-2H3/t5-,7-,8?/m1/s1. The fraction of sp³-hybridized carbons (Fsp3) is 0.778. The summed E-state index contributed by atoms with van der Waals surface area (Å²) in [7, 11) is 0. The number of Topliss-reactive ketones (excluding diaryl/α,β-unsaturated/α-hetero) is 1. The third-order valence-corrected chi connectivity index (χ3v) is 1.99. The van der Waals surface area contributed by atoms with Crippen LogP contribution < -0.4 is 0 Å². The van der Waals surface area contributed by atoms with Gasteiger partial charge in [0.15, 0.2) is 12.2 Å². The van der Waals surface area contributed by atoms with Crippen LogP contribution in [0.25, 0.3) is 0 Å². The molecule has 1 saturated heterocycles. The molecule has 0 amide bonds. The lowest BCUT2D eigenvalue weighted by atomic mass is 10.1. The van der Waals surface area contributed by atoms with Gasteiger partial charge in [-0.1, -0.05) is 0 Å². The van der Waals surface area contributed by atoms with Gasteiger partial charge in [0.25, 0.3) is 5.78 Å². The Labute approximate surface area is 86.8 Å². The number of hydrogen-bond donors (Lipinski definition) is 2. The number of aliphatic hydroxyl groups excluding tert-OH is 2. The van der Waals surface area contributed by atoms with E-state index in [1.807, 2.05) is 0 Å². The highest BCUT2D eigenvalue weighted by Crippen LogP contribution is 2.20. The SMILES string of the molecule is CC(C)OC1C(=O)C(=O)O[C@@H]1[C@H](O)CO. The predicted molar refractivity (Wildman–Crippen MR) is 48.0 cm³/mol. The van der Waals surface area contributed by atoms with Crippen LogP contribution in [0.1, 0.15) is 13.8 Å². The quantitative estimate of drug-likeness (QED) is 0.446. The molecule has 0 saturated carbocycles. The molecule has 6 nitrogen and oxygen atoms in total. The zero-order valence-corrected chi connectivity index (χ0v) is 8.54. The summed E-state index contributed by atoms with van der Waals surface area (Å²) in [5.41, 5.74) is 0. The van der Waals surface area contributed by atoms with Gasteiger partial charge in [0, 0.05) is 0 Å². The van der Waals surface area contributed by atoms with Crippen LogP contribution in [0.3, 0.4) is 0 Å². The molecule has 1 rings (SSSR count). The van der Waals surface area contributed by atoms with Gasteiger partial charge in [-0.25, -0.2) is 4.79 Å². The van der Waals surface area contributed by atoms with Crippen LogP contribution >= 0.6 is 0 Å². The van der Waals surface area contributed by atoms with Gasteiger partial charge in [-0.05, 0) is 13.8 Å². The zero-order chi connectivity index (χ0) is 11.6. The number of cyclic esters (lactones) is 1. The van der Waals surface area contributed by atoms with Crippen molar-refractivity contribution in [2.75, 3.05) is 6.61 Å². The highest BCUT2D eigenvalue weighted by molar-refractivity contribution is 6.37. The van der Waals surface area contributed by atoms with Gasteiger partial charge < -0.3 is 19.7 Å². The monoisotopic (exact) mass is 218 g/mol. The van der Waals surface area contributed by atoms with Crippen LogP contribution in [0.4, 0.5) is 0 Å². The number of carbonyl (C=O) groups excluding carboxylic acids is 2. The number of ketones is 1. The molecule has 1 unspecified atom stereocenters. The molecule has 1 heterocycles. The summed E-state index contributed by atoms with van der Waals surface area (Å²) >= 11 is 0. The first-order chi connectivity index (χ1) is 6.97. The van der Waals surface area contributed by atoms with E-state index >= 15 is 0 Å². The lowest BCUT2D eigenvalue weighted by Crippen LogP contribution is -2.41. The molecule has 0 aliphatic carbocycles. The molecule has 86 valence electrons. The maximum Gasteiger partial charge on any atom is 0.378 e. The van der Waals surface area contributed by atoms with Crippen molar-refractivity contribution in [2.24, 2.45) is 0 Å². The average molecular weight is 218 g/mol. The van der Waals surface area contributed by atoms with Gasteiger partial charge in [-0.3, -0.25) is 4.79 Å². The minimum atomic E-state index is -1.30. The summed E-state index contributed by atoms with van der Waals surface area (Å²) in [5.74, 6) is -1.85. The molecule has 0 spiro atoms. The van der Waals surface area contributed by atoms with E-state index in [1.54, 1.807) is 13.8 Å². The van der Waals surface area contributed by atoms with Crippen LogP contribution in [-0.2, 0) is 19.1 Å². The third kappa shape index (κ3) is 2.53. The molecule has 0 aromatic heterocycles. The minimum absolute atomic E-state index is 0.276. The van der Waals surface area contributed by atoms with E-state index in [0.29, 0.717) is 0 Å². The van der Waals surface area contributed by atoms with E-state index in [1.165, 1.54) is 0 Å². The second-order valence-electron chi connectivity index (χ2n) is 3.59. The molecule has 2 N–H and O–H groups in total. The zero-order valence-electron chi connectivity index (χ0n) is 8.54. The predicted octanol–water partition coefficient (Wildman–Crippen LogP) is -1.37. The Kier molecular flexibility index (Phi) is 3.78. The first kappa shape index (κ1) is 12.1. The molecule has 1 fully saturated rings. The second-order valence-corrected chi connectivity index (χ2v) is 3.59. The first-order valence-electron chi connectivity index (χ1n) is 4.66. The largest absolute Gasteiger partial charge is 0.450 e. The lowest BCUT2D eigenvalue weighted by Gasteiger charge is -2.21. The van der Waals surface area contributed by atoms with Crippen molar-refractivity contribution in [3.63, 3.8) is 0 Å². The Morgan fingerprint density at radius 3 is 2.53 bits per heavy atom. The highest BCUT2D eigenvalue weighted by atomic mass is 16.6. The second kappa shape index (κ2) is 4.69. The maximum absolute atomic E-state index is 11.3. The lowest BCUT2D eigenvalue weighted by molar-refractivity contribution is -0.152. The van der Waals surface area contributed by atoms with Crippen molar-refractivity contribution in [2.45, 2.75) is 38.3 Å². The Morgan fingerprint density at radius 1 is 1.47 bits per heavy atom. The Morgan fingerprint density at radius 2 is 2.07 bits per heavy atom. The fourth-order valence-electron chi connectivity index (χ4n) is 1.33. The van der Waals surface area contributed by atoms with E-state index < -0.39 is 36.7 Å². The third-order valence-electron chi connectivity index (χ3n) is 1.99. The minimum Gasteiger partial charge on any atom is -0.450 e. The van der Waals surface area contributed by atoms with Gasteiger partial charge in [0.1, 0.15) is 6.10 Å². The topological polar surface area (TPSA) is 93.1 Å².